The highest BCUT2D eigenvalue weighted by Crippen LogP contribution is 2.34. The molecule has 3 aromatic heterocycles. The highest BCUT2D eigenvalue weighted by Gasteiger charge is 2.32. The molecule has 7 nitrogen and oxygen atoms in total. The monoisotopic (exact) mass is 428 g/mol. The number of benzene rings is 1. The van der Waals surface area contributed by atoms with Crippen LogP contribution < -0.4 is 5.56 Å². The minimum Gasteiger partial charge on any atom is -0.373 e. The first kappa shape index (κ1) is 19.3. The molecular formula is C21H15F3N4O3. The molecule has 0 aliphatic carbocycles. The molecule has 158 valence electrons. The normalized spacial score (nSPS) is 15.9. The minimum absolute atomic E-state index is 0.0179. The fraction of sp³-hybridized carbons (Fsp3) is 0.190. The van der Waals surface area contributed by atoms with Gasteiger partial charge in [0.05, 0.1) is 35.7 Å². The number of amides is 1. The lowest BCUT2D eigenvalue weighted by Gasteiger charge is -2.33. The topological polar surface area (TPSA) is 91.1 Å². The van der Waals surface area contributed by atoms with Gasteiger partial charge >= 0.3 is 0 Å². The van der Waals surface area contributed by atoms with Gasteiger partial charge in [-0.05, 0) is 35.7 Å². The van der Waals surface area contributed by atoms with Crippen LogP contribution in [0.1, 0.15) is 27.8 Å². The smallest absolute Gasteiger partial charge is 0.270 e. The Bertz CT molecular complexity index is 1430. The number of hydrogen-bond acceptors (Lipinski definition) is 4. The molecule has 1 aliphatic heterocycles. The van der Waals surface area contributed by atoms with Crippen LogP contribution in [0, 0.1) is 17.6 Å². The largest absolute Gasteiger partial charge is 0.373 e. The third kappa shape index (κ3) is 3.07. The molecule has 1 aliphatic rings. The van der Waals surface area contributed by atoms with E-state index in [-0.39, 0.29) is 29.7 Å². The Balaban J connectivity index is 1.61. The molecule has 0 spiro atoms. The van der Waals surface area contributed by atoms with Crippen molar-refractivity contribution in [1.29, 1.82) is 0 Å². The number of halogens is 3. The Labute approximate surface area is 172 Å². The summed E-state index contributed by atoms with van der Waals surface area (Å²) in [5.41, 5.74) is 1.26. The third-order valence-corrected chi connectivity index (χ3v) is 5.50. The van der Waals surface area contributed by atoms with Crippen molar-refractivity contribution in [3.05, 3.63) is 75.2 Å². The number of likely N-dealkylation sites (N-methyl/N-ethyl adjacent to an activating group) is 1. The van der Waals surface area contributed by atoms with E-state index in [0.29, 0.717) is 22.3 Å². The molecule has 10 heteroatoms. The Morgan fingerprint density at radius 3 is 2.65 bits per heavy atom. The molecule has 2 N–H and O–H groups in total. The van der Waals surface area contributed by atoms with Crippen LogP contribution in [-0.2, 0) is 11.3 Å². The number of ether oxygens (including phenoxy) is 1. The van der Waals surface area contributed by atoms with Crippen molar-refractivity contribution in [3.8, 4) is 0 Å². The molecule has 1 aromatic carbocycles. The lowest BCUT2D eigenvalue weighted by atomic mass is 9.95. The van der Waals surface area contributed by atoms with Crippen LogP contribution in [0.4, 0.5) is 13.2 Å². The highest BCUT2D eigenvalue weighted by molar-refractivity contribution is 5.97. The van der Waals surface area contributed by atoms with Gasteiger partial charge in [-0.25, -0.2) is 13.8 Å². The van der Waals surface area contributed by atoms with Gasteiger partial charge in [-0.2, -0.15) is 4.39 Å². The summed E-state index contributed by atoms with van der Waals surface area (Å²) in [6.45, 7) is 0.149. The van der Waals surface area contributed by atoms with Gasteiger partial charge in [-0.15, -0.1) is 0 Å². The van der Waals surface area contributed by atoms with Crippen LogP contribution in [0.3, 0.4) is 0 Å². The van der Waals surface area contributed by atoms with Crippen molar-refractivity contribution >= 4 is 27.7 Å². The molecule has 5 rings (SSSR count). The summed E-state index contributed by atoms with van der Waals surface area (Å²) >= 11 is 0. The van der Waals surface area contributed by atoms with Gasteiger partial charge in [0.25, 0.3) is 11.5 Å². The van der Waals surface area contributed by atoms with E-state index in [9.17, 15) is 22.8 Å². The second kappa shape index (κ2) is 6.95. The predicted molar refractivity (Wildman–Crippen MR) is 105 cm³/mol. The molecule has 31 heavy (non-hydrogen) atoms. The lowest BCUT2D eigenvalue weighted by molar-refractivity contribution is 0.0333. The van der Waals surface area contributed by atoms with Gasteiger partial charge in [-0.3, -0.25) is 9.59 Å². The maximum atomic E-state index is 14.0. The molecule has 0 saturated carbocycles. The molecule has 0 fully saturated rings. The van der Waals surface area contributed by atoms with Crippen LogP contribution in [0.2, 0.25) is 0 Å². The first-order valence-electron chi connectivity index (χ1n) is 9.37. The van der Waals surface area contributed by atoms with Gasteiger partial charge in [0.15, 0.2) is 11.6 Å². The molecule has 4 heterocycles. The number of carbonyl (C=O) groups is 1. The van der Waals surface area contributed by atoms with Gasteiger partial charge < -0.3 is 19.6 Å². The summed E-state index contributed by atoms with van der Waals surface area (Å²) in [5, 5.41) is 0.196. The number of pyridine rings is 2. The highest BCUT2D eigenvalue weighted by atomic mass is 19.2. The zero-order valence-corrected chi connectivity index (χ0v) is 16.1. The van der Waals surface area contributed by atoms with Gasteiger partial charge in [0.2, 0.25) is 5.95 Å². The Morgan fingerprint density at radius 1 is 1.13 bits per heavy atom. The zero-order chi connectivity index (χ0) is 21.9. The number of rotatable bonds is 2. The maximum Gasteiger partial charge on any atom is 0.270 e. The molecular weight excluding hydrogens is 413 g/mol. The molecule has 0 bridgehead atoms. The molecule has 1 amide bonds. The number of aromatic nitrogens is 3. The number of nitrogens with zero attached hydrogens (tertiary/aromatic N) is 2. The summed E-state index contributed by atoms with van der Waals surface area (Å²) in [4.78, 5) is 36.2. The molecule has 0 saturated heterocycles. The van der Waals surface area contributed by atoms with E-state index in [2.05, 4.69) is 15.0 Å². The van der Waals surface area contributed by atoms with Crippen LogP contribution in [0.25, 0.3) is 21.8 Å². The van der Waals surface area contributed by atoms with Crippen LogP contribution in [0.5, 0.6) is 0 Å². The summed E-state index contributed by atoms with van der Waals surface area (Å²) in [7, 11) is 1.53. The van der Waals surface area contributed by atoms with Crippen molar-refractivity contribution < 1.29 is 22.7 Å². The Hall–Kier alpha value is -3.66. The van der Waals surface area contributed by atoms with Crippen molar-refractivity contribution in [2.24, 2.45) is 0 Å². The van der Waals surface area contributed by atoms with E-state index in [1.54, 1.807) is 0 Å². The van der Waals surface area contributed by atoms with Crippen LogP contribution in [0.15, 0.2) is 35.1 Å². The molecule has 0 unspecified atom stereocenters. The van der Waals surface area contributed by atoms with Crippen molar-refractivity contribution in [3.63, 3.8) is 0 Å². The fourth-order valence-electron chi connectivity index (χ4n) is 3.98. The lowest BCUT2D eigenvalue weighted by Crippen LogP contribution is -2.37. The van der Waals surface area contributed by atoms with E-state index < -0.39 is 35.1 Å². The van der Waals surface area contributed by atoms with Crippen molar-refractivity contribution in [2.45, 2.75) is 12.6 Å². The van der Waals surface area contributed by atoms with E-state index in [4.69, 9.17) is 4.74 Å². The number of H-pyrrole nitrogens is 2. The zero-order valence-electron chi connectivity index (χ0n) is 16.1. The Kier molecular flexibility index (Phi) is 4.33. The molecule has 4 aromatic rings. The van der Waals surface area contributed by atoms with E-state index in [1.807, 2.05) is 0 Å². The number of aromatic amines is 2. The average Bonchev–Trinajstić information content (AvgIpc) is 3.17. The van der Waals surface area contributed by atoms with Crippen molar-refractivity contribution in [2.75, 3.05) is 13.7 Å². The number of fused-ring (bicyclic) bond motifs is 4. The SMILES string of the molecule is CN(C(=O)c1cc2nc(F)ccc2[nH]1)[C@H]1COCc2[nH]c(=O)c3cc(F)c(F)cc3c21. The van der Waals surface area contributed by atoms with E-state index in [1.165, 1.54) is 30.1 Å². The fourth-order valence-corrected chi connectivity index (χ4v) is 3.98. The predicted octanol–water partition coefficient (Wildman–Crippen LogP) is 3.17. The summed E-state index contributed by atoms with van der Waals surface area (Å²) < 4.78 is 46.7. The van der Waals surface area contributed by atoms with Gasteiger partial charge in [-0.1, -0.05) is 0 Å². The number of nitrogens with one attached hydrogen (secondary N) is 2. The summed E-state index contributed by atoms with van der Waals surface area (Å²) in [6.07, 6.45) is 0. The van der Waals surface area contributed by atoms with Crippen molar-refractivity contribution in [1.82, 2.24) is 19.9 Å². The number of hydrogen-bond donors (Lipinski definition) is 2. The van der Waals surface area contributed by atoms with Gasteiger partial charge in [0, 0.05) is 18.3 Å². The first-order chi connectivity index (χ1) is 14.8. The summed E-state index contributed by atoms with van der Waals surface area (Å²) in [6, 6.07) is 5.21. The summed E-state index contributed by atoms with van der Waals surface area (Å²) in [5.74, 6) is -3.34. The number of carbonyl (C=O) groups excluding carboxylic acids is 1. The third-order valence-electron chi connectivity index (χ3n) is 5.50. The first-order valence-corrected chi connectivity index (χ1v) is 9.37. The van der Waals surface area contributed by atoms with Crippen LogP contribution >= 0.6 is 0 Å². The average molecular weight is 428 g/mol. The standard InChI is InChI=1S/C21H15F3N4O3/c1-28(21(30)15-6-14-13(25-15)2-3-18(24)26-14)17-8-31-7-16-19(17)9-4-11(22)12(23)5-10(9)20(29)27-16/h2-6,17,25H,7-8H2,1H3,(H,27,29)/t17-/m0/s1. The molecule has 0 radical (unpaired) electrons. The van der Waals surface area contributed by atoms with Crippen LogP contribution in [-0.4, -0.2) is 39.4 Å². The van der Waals surface area contributed by atoms with Gasteiger partial charge in [0.1, 0.15) is 5.69 Å². The van der Waals surface area contributed by atoms with E-state index in [0.717, 1.165) is 12.1 Å². The quantitative estimate of drug-likeness (QED) is 0.480. The second-order valence-corrected chi connectivity index (χ2v) is 7.36. The van der Waals surface area contributed by atoms with E-state index >= 15 is 0 Å². The minimum atomic E-state index is -1.14. The Morgan fingerprint density at radius 2 is 1.87 bits per heavy atom. The maximum absolute atomic E-state index is 14.0. The molecule has 1 atom stereocenters. The second-order valence-electron chi connectivity index (χ2n) is 7.36.